The summed E-state index contributed by atoms with van der Waals surface area (Å²) < 4.78 is 17.9. The summed E-state index contributed by atoms with van der Waals surface area (Å²) in [5.41, 5.74) is 2.01. The number of hydrogen-bond acceptors (Lipinski definition) is 3. The van der Waals surface area contributed by atoms with Crippen LogP contribution in [0.25, 0.3) is 0 Å². The van der Waals surface area contributed by atoms with E-state index in [1.54, 1.807) is 12.2 Å². The molecule has 1 fully saturated rings. The second-order valence-electron chi connectivity index (χ2n) is 4.94. The fourth-order valence-corrected chi connectivity index (χ4v) is 1.86. The van der Waals surface area contributed by atoms with Crippen LogP contribution in [0, 0.1) is 30.5 Å². The molecule has 2 rings (SSSR count). The maximum atomic E-state index is 13.1. The standard InChI is InChI=1S/C17H15FN2O2.C3H6.C2H2/c1-3-12(5-6-13-8-15(18)10-19-9-13)7-14(4-2)16-11-22-17(21)20-16;1-3-2;1-2/h3-4,7-10,16H,2,11H2,1H3,(H,20,21);3H,1H2,2H3;1-2H/b12-3-,14-7+;;/t16-;;/m0../s1. The lowest BCUT2D eigenvalue weighted by atomic mass is 10.0. The number of carbonyl (C=O) groups excluding carboxylic acids is 1. The first-order valence-corrected chi connectivity index (χ1v) is 8.00. The number of rotatable bonds is 3. The number of aromatic nitrogens is 1. The Kier molecular flexibility index (Phi) is 11.9. The Hall–Kier alpha value is -3.57. The number of alkyl carbamates (subject to hydrolysis) is 1. The summed E-state index contributed by atoms with van der Waals surface area (Å²) in [6.07, 6.45) is 17.2. The van der Waals surface area contributed by atoms with Crippen molar-refractivity contribution in [1.82, 2.24) is 10.3 Å². The van der Waals surface area contributed by atoms with E-state index in [1.807, 2.05) is 26.0 Å². The Bertz CT molecular complexity index is 795. The van der Waals surface area contributed by atoms with Crippen LogP contribution in [0.1, 0.15) is 19.4 Å². The fourth-order valence-electron chi connectivity index (χ4n) is 1.86. The Morgan fingerprint density at radius 1 is 1.41 bits per heavy atom. The lowest BCUT2D eigenvalue weighted by molar-refractivity contribution is 0.177. The first-order valence-electron chi connectivity index (χ1n) is 8.00. The van der Waals surface area contributed by atoms with Crippen molar-refractivity contribution in [2.24, 2.45) is 0 Å². The molecule has 1 amide bonds. The minimum absolute atomic E-state index is 0.238. The molecule has 1 saturated heterocycles. The van der Waals surface area contributed by atoms with Crippen molar-refractivity contribution in [2.45, 2.75) is 19.9 Å². The molecule has 5 heteroatoms. The van der Waals surface area contributed by atoms with Gasteiger partial charge in [0.25, 0.3) is 0 Å². The Labute approximate surface area is 160 Å². The predicted molar refractivity (Wildman–Crippen MR) is 107 cm³/mol. The lowest BCUT2D eigenvalue weighted by Crippen LogP contribution is -2.27. The number of allylic oxidation sites excluding steroid dienone is 4. The monoisotopic (exact) mass is 366 g/mol. The number of amides is 1. The molecule has 0 spiro atoms. The number of nitrogens with one attached hydrogen (secondary N) is 1. The number of pyridine rings is 1. The topological polar surface area (TPSA) is 51.2 Å². The number of terminal acetylenes is 1. The van der Waals surface area contributed by atoms with E-state index < -0.39 is 11.9 Å². The summed E-state index contributed by atoms with van der Waals surface area (Å²) in [5.74, 6) is 5.36. The fraction of sp³-hybridized carbons (Fsp3) is 0.182. The molecule has 1 aromatic heterocycles. The van der Waals surface area contributed by atoms with Crippen LogP contribution in [0.5, 0.6) is 0 Å². The highest BCUT2D eigenvalue weighted by atomic mass is 19.1. The largest absolute Gasteiger partial charge is 0.447 e. The molecule has 2 heterocycles. The van der Waals surface area contributed by atoms with Crippen LogP contribution in [0.2, 0.25) is 0 Å². The molecule has 140 valence electrons. The van der Waals surface area contributed by atoms with Gasteiger partial charge in [0.15, 0.2) is 0 Å². The molecule has 0 unspecified atom stereocenters. The summed E-state index contributed by atoms with van der Waals surface area (Å²) in [6.45, 7) is 11.1. The summed E-state index contributed by atoms with van der Waals surface area (Å²) in [4.78, 5) is 14.8. The Morgan fingerprint density at radius 3 is 2.56 bits per heavy atom. The maximum absolute atomic E-state index is 13.1. The van der Waals surface area contributed by atoms with Gasteiger partial charge in [-0.3, -0.25) is 4.98 Å². The molecular formula is C22H23FN2O2. The average Bonchev–Trinajstić information content (AvgIpc) is 3.10. The number of cyclic esters (lactones) is 1. The van der Waals surface area contributed by atoms with Gasteiger partial charge in [0, 0.05) is 17.3 Å². The molecular weight excluding hydrogens is 343 g/mol. The van der Waals surface area contributed by atoms with Gasteiger partial charge in [-0.2, -0.15) is 0 Å². The third-order valence-electron chi connectivity index (χ3n) is 3.00. The highest BCUT2D eigenvalue weighted by Gasteiger charge is 2.24. The summed E-state index contributed by atoms with van der Waals surface area (Å²) >= 11 is 0. The zero-order valence-corrected chi connectivity index (χ0v) is 15.5. The maximum Gasteiger partial charge on any atom is 0.407 e. The van der Waals surface area contributed by atoms with Gasteiger partial charge in [0.2, 0.25) is 0 Å². The summed E-state index contributed by atoms with van der Waals surface area (Å²) in [6, 6.07) is 1.08. The van der Waals surface area contributed by atoms with Gasteiger partial charge in [-0.25, -0.2) is 9.18 Å². The zero-order chi connectivity index (χ0) is 20.7. The highest BCUT2D eigenvalue weighted by Crippen LogP contribution is 2.13. The Morgan fingerprint density at radius 2 is 2.07 bits per heavy atom. The van der Waals surface area contributed by atoms with Gasteiger partial charge in [0.05, 0.1) is 12.2 Å². The van der Waals surface area contributed by atoms with Crippen molar-refractivity contribution in [3.8, 4) is 24.7 Å². The molecule has 0 radical (unpaired) electrons. The minimum Gasteiger partial charge on any atom is -0.447 e. The van der Waals surface area contributed by atoms with Crippen LogP contribution in [0.3, 0.4) is 0 Å². The Balaban J connectivity index is 0.00000123. The quantitative estimate of drug-likeness (QED) is 0.496. The number of hydrogen-bond donors (Lipinski definition) is 1. The van der Waals surface area contributed by atoms with Crippen LogP contribution in [0.4, 0.5) is 9.18 Å². The van der Waals surface area contributed by atoms with Crippen molar-refractivity contribution in [3.05, 3.63) is 78.4 Å². The summed E-state index contributed by atoms with van der Waals surface area (Å²) in [7, 11) is 0. The van der Waals surface area contributed by atoms with Crippen molar-refractivity contribution in [1.29, 1.82) is 0 Å². The first kappa shape index (κ1) is 23.4. The van der Waals surface area contributed by atoms with Gasteiger partial charge >= 0.3 is 6.09 Å². The van der Waals surface area contributed by atoms with E-state index in [-0.39, 0.29) is 12.6 Å². The molecule has 1 aliphatic heterocycles. The lowest BCUT2D eigenvalue weighted by Gasteiger charge is -2.08. The first-order chi connectivity index (χ1) is 13.0. The van der Waals surface area contributed by atoms with E-state index >= 15 is 0 Å². The molecule has 0 saturated carbocycles. The van der Waals surface area contributed by atoms with Gasteiger partial charge in [-0.15, -0.1) is 19.4 Å². The van der Waals surface area contributed by atoms with Gasteiger partial charge in [-0.05, 0) is 31.6 Å². The van der Waals surface area contributed by atoms with Crippen molar-refractivity contribution >= 4 is 6.09 Å². The molecule has 1 atom stereocenters. The average molecular weight is 366 g/mol. The third kappa shape index (κ3) is 8.90. The molecule has 27 heavy (non-hydrogen) atoms. The predicted octanol–water partition coefficient (Wildman–Crippen LogP) is 4.18. The smallest absolute Gasteiger partial charge is 0.407 e. The number of halogens is 1. The molecule has 0 aliphatic carbocycles. The SMILES string of the molecule is C#C.C=C/C(=C\C(C#Cc1cncc(F)c1)=C/C)[C@@H]1COC(=O)N1.C=CC. The van der Waals surface area contributed by atoms with Crippen molar-refractivity contribution in [2.75, 3.05) is 6.61 Å². The minimum atomic E-state index is -0.448. The van der Waals surface area contributed by atoms with Crippen LogP contribution in [-0.4, -0.2) is 23.7 Å². The number of carbonyl (C=O) groups is 1. The van der Waals surface area contributed by atoms with Crippen molar-refractivity contribution < 1.29 is 13.9 Å². The molecule has 0 bridgehead atoms. The van der Waals surface area contributed by atoms with Gasteiger partial charge in [-0.1, -0.05) is 36.6 Å². The van der Waals surface area contributed by atoms with Gasteiger partial charge < -0.3 is 10.1 Å². The van der Waals surface area contributed by atoms with E-state index in [0.717, 1.165) is 17.3 Å². The molecule has 0 aromatic carbocycles. The molecule has 4 nitrogen and oxygen atoms in total. The molecule has 1 aliphatic rings. The van der Waals surface area contributed by atoms with E-state index in [1.165, 1.54) is 12.3 Å². The molecule has 1 N–H and O–H groups in total. The van der Waals surface area contributed by atoms with E-state index in [2.05, 4.69) is 48.1 Å². The van der Waals surface area contributed by atoms with Crippen LogP contribution in [0.15, 0.2) is 67.1 Å². The summed E-state index contributed by atoms with van der Waals surface area (Å²) in [5, 5.41) is 2.68. The third-order valence-corrected chi connectivity index (χ3v) is 3.00. The molecule has 1 aromatic rings. The van der Waals surface area contributed by atoms with Crippen molar-refractivity contribution in [3.63, 3.8) is 0 Å². The van der Waals surface area contributed by atoms with Crippen LogP contribution >= 0.6 is 0 Å². The second kappa shape index (κ2) is 13.7. The number of ether oxygens (including phenoxy) is 1. The second-order valence-corrected chi connectivity index (χ2v) is 4.94. The van der Waals surface area contributed by atoms with Crippen LogP contribution < -0.4 is 5.32 Å². The van der Waals surface area contributed by atoms with E-state index in [4.69, 9.17) is 4.74 Å². The zero-order valence-electron chi connectivity index (χ0n) is 15.5. The highest BCUT2D eigenvalue weighted by molar-refractivity contribution is 5.71. The van der Waals surface area contributed by atoms with E-state index in [9.17, 15) is 9.18 Å². The van der Waals surface area contributed by atoms with Crippen LogP contribution in [-0.2, 0) is 4.74 Å². The normalized spacial score (nSPS) is 15.3. The number of nitrogens with zero attached hydrogens (tertiary/aromatic N) is 1. The van der Waals surface area contributed by atoms with Gasteiger partial charge in [0.1, 0.15) is 12.4 Å². The van der Waals surface area contributed by atoms with E-state index in [0.29, 0.717) is 5.56 Å².